The van der Waals surface area contributed by atoms with Gasteiger partial charge in [0, 0.05) is 4.88 Å². The monoisotopic (exact) mass is 429 g/mol. The van der Waals surface area contributed by atoms with Gasteiger partial charge < -0.3 is 9.47 Å². The summed E-state index contributed by atoms with van der Waals surface area (Å²) in [6.45, 7) is 1.82. The number of rotatable bonds is 7. The van der Waals surface area contributed by atoms with Crippen LogP contribution in [0.2, 0.25) is 0 Å². The molecule has 0 aliphatic heterocycles. The Bertz CT molecular complexity index is 1280. The van der Waals surface area contributed by atoms with Gasteiger partial charge in [-0.3, -0.25) is 5.43 Å². The molecule has 8 heteroatoms. The molecule has 4 aromatic rings. The molecule has 31 heavy (non-hydrogen) atoms. The number of aryl methyl sites for hydroxylation is 1. The topological polar surface area (TPSA) is 92.4 Å². The number of hydrazone groups is 1. The normalized spacial score (nSPS) is 10.9. The lowest BCUT2D eigenvalue weighted by Crippen LogP contribution is -1.99. The smallest absolute Gasteiger partial charge is 0.174 e. The molecule has 1 N–H and O–H groups in total. The van der Waals surface area contributed by atoms with Crippen molar-refractivity contribution < 1.29 is 9.47 Å². The Balaban J connectivity index is 1.58. The van der Waals surface area contributed by atoms with Crippen LogP contribution in [-0.2, 0) is 0 Å². The van der Waals surface area contributed by atoms with E-state index >= 15 is 0 Å². The predicted molar refractivity (Wildman–Crippen MR) is 123 cm³/mol. The Morgan fingerprint density at radius 2 is 1.97 bits per heavy atom. The van der Waals surface area contributed by atoms with E-state index in [1.54, 1.807) is 36.8 Å². The fourth-order valence-corrected chi connectivity index (χ4v) is 4.10. The molecule has 2 heterocycles. The number of methoxy groups -OCH3 is 1. The Morgan fingerprint density at radius 1 is 1.13 bits per heavy atom. The van der Waals surface area contributed by atoms with E-state index in [0.717, 1.165) is 26.2 Å². The summed E-state index contributed by atoms with van der Waals surface area (Å²) in [5, 5.41) is 13.9. The molecule has 0 atom stereocenters. The van der Waals surface area contributed by atoms with E-state index in [2.05, 4.69) is 38.7 Å². The average Bonchev–Trinajstić information content (AvgIpc) is 3.22. The molecule has 7 nitrogen and oxygen atoms in total. The lowest BCUT2D eigenvalue weighted by Gasteiger charge is -2.08. The molecule has 0 unspecified atom stereocenters. The minimum absolute atomic E-state index is 0.0416. The van der Waals surface area contributed by atoms with Crippen LogP contribution in [0, 0.1) is 18.3 Å². The summed E-state index contributed by atoms with van der Waals surface area (Å²) in [6.07, 6.45) is 1.67. The number of hydrogen-bond donors (Lipinski definition) is 1. The van der Waals surface area contributed by atoms with Gasteiger partial charge in [0.25, 0.3) is 0 Å². The second-order valence-electron chi connectivity index (χ2n) is 6.54. The van der Waals surface area contributed by atoms with Crippen LogP contribution in [0.25, 0.3) is 20.7 Å². The number of benzene rings is 2. The summed E-state index contributed by atoms with van der Waals surface area (Å²) in [7, 11) is 1.55. The van der Waals surface area contributed by atoms with Crippen LogP contribution in [0.5, 0.6) is 11.5 Å². The van der Waals surface area contributed by atoms with Crippen molar-refractivity contribution in [1.82, 2.24) is 9.97 Å². The van der Waals surface area contributed by atoms with Crippen LogP contribution >= 0.6 is 11.3 Å². The van der Waals surface area contributed by atoms with E-state index in [1.165, 1.54) is 0 Å². The fourth-order valence-electron chi connectivity index (χ4n) is 3.02. The van der Waals surface area contributed by atoms with Gasteiger partial charge in [0.1, 0.15) is 16.7 Å². The van der Waals surface area contributed by atoms with Gasteiger partial charge in [0.15, 0.2) is 23.9 Å². The van der Waals surface area contributed by atoms with E-state index in [0.29, 0.717) is 23.1 Å². The standard InChI is InChI=1S/C23H19N5O2S/c1-15-26-22(18-13-21(31-23(18)27-15)17-6-4-3-5-7-17)28-25-14-16-8-9-19(30-11-10-24)20(12-16)29-2/h3-9,12-14H,11H2,1-2H3,(H,26,27,28)/b25-14+. The van der Waals surface area contributed by atoms with Crippen LogP contribution in [0.4, 0.5) is 5.82 Å². The number of aromatic nitrogens is 2. The zero-order valence-electron chi connectivity index (χ0n) is 17.0. The molecule has 4 rings (SSSR count). The summed E-state index contributed by atoms with van der Waals surface area (Å²) < 4.78 is 10.7. The van der Waals surface area contributed by atoms with Gasteiger partial charge in [-0.25, -0.2) is 9.97 Å². The predicted octanol–water partition coefficient (Wildman–Crippen LogP) is 5.02. The molecular formula is C23H19N5O2S. The first-order valence-electron chi connectivity index (χ1n) is 9.48. The second kappa shape index (κ2) is 9.24. The summed E-state index contributed by atoms with van der Waals surface area (Å²) in [5.74, 6) is 2.37. The Kier molecular flexibility index (Phi) is 6.05. The zero-order chi connectivity index (χ0) is 21.6. The fraction of sp³-hybridized carbons (Fsp3) is 0.130. The zero-order valence-corrected chi connectivity index (χ0v) is 17.8. The van der Waals surface area contributed by atoms with Gasteiger partial charge in [-0.1, -0.05) is 30.3 Å². The molecule has 0 aliphatic carbocycles. The number of nitrogens with zero attached hydrogens (tertiary/aromatic N) is 4. The number of nitrogens with one attached hydrogen (secondary N) is 1. The Hall–Kier alpha value is -3.96. The van der Waals surface area contributed by atoms with Crippen molar-refractivity contribution in [3.05, 3.63) is 66.0 Å². The van der Waals surface area contributed by atoms with Crippen molar-refractivity contribution in [2.75, 3.05) is 19.1 Å². The number of nitriles is 1. The molecule has 0 fully saturated rings. The molecule has 0 saturated carbocycles. The minimum Gasteiger partial charge on any atom is -0.493 e. The lowest BCUT2D eigenvalue weighted by atomic mass is 10.2. The van der Waals surface area contributed by atoms with Crippen molar-refractivity contribution >= 4 is 33.6 Å². The molecule has 0 amide bonds. The third-order valence-electron chi connectivity index (χ3n) is 4.43. The summed E-state index contributed by atoms with van der Waals surface area (Å²) in [6, 6.07) is 19.6. The number of hydrogen-bond acceptors (Lipinski definition) is 8. The van der Waals surface area contributed by atoms with E-state index in [4.69, 9.17) is 14.7 Å². The van der Waals surface area contributed by atoms with Crippen molar-refractivity contribution in [2.45, 2.75) is 6.92 Å². The number of anilines is 1. The van der Waals surface area contributed by atoms with Crippen LogP contribution in [0.3, 0.4) is 0 Å². The van der Waals surface area contributed by atoms with Gasteiger partial charge in [0.05, 0.1) is 18.7 Å². The molecule has 0 aliphatic rings. The highest BCUT2D eigenvalue weighted by atomic mass is 32.1. The average molecular weight is 430 g/mol. The van der Waals surface area contributed by atoms with Crippen molar-refractivity contribution in [1.29, 1.82) is 5.26 Å². The quantitative estimate of drug-likeness (QED) is 0.327. The summed E-state index contributed by atoms with van der Waals surface area (Å²) in [5.41, 5.74) is 4.99. The number of fused-ring (bicyclic) bond motifs is 1. The Labute approximate surface area is 183 Å². The van der Waals surface area contributed by atoms with Crippen molar-refractivity contribution in [3.63, 3.8) is 0 Å². The van der Waals surface area contributed by atoms with Crippen LogP contribution in [-0.4, -0.2) is 29.9 Å². The molecule has 0 spiro atoms. The third kappa shape index (κ3) is 4.63. The van der Waals surface area contributed by atoms with Gasteiger partial charge in [-0.15, -0.1) is 11.3 Å². The van der Waals surface area contributed by atoms with Gasteiger partial charge in [-0.2, -0.15) is 10.4 Å². The molecule has 2 aromatic carbocycles. The summed E-state index contributed by atoms with van der Waals surface area (Å²) >= 11 is 1.63. The number of ether oxygens (including phenoxy) is 2. The lowest BCUT2D eigenvalue weighted by molar-refractivity contribution is 0.329. The summed E-state index contributed by atoms with van der Waals surface area (Å²) in [4.78, 5) is 11.1. The SMILES string of the molecule is COc1cc(/C=N/Nc2nc(C)nc3sc(-c4ccccc4)cc23)ccc1OCC#N. The first-order valence-corrected chi connectivity index (χ1v) is 10.3. The maximum absolute atomic E-state index is 8.68. The molecule has 0 saturated heterocycles. The second-order valence-corrected chi connectivity index (χ2v) is 7.57. The van der Waals surface area contributed by atoms with Crippen LogP contribution < -0.4 is 14.9 Å². The highest BCUT2D eigenvalue weighted by molar-refractivity contribution is 7.21. The van der Waals surface area contributed by atoms with E-state index in [1.807, 2.05) is 37.3 Å². The molecular weight excluding hydrogens is 410 g/mol. The first kappa shape index (κ1) is 20.3. The maximum atomic E-state index is 8.68. The van der Waals surface area contributed by atoms with E-state index in [9.17, 15) is 0 Å². The van der Waals surface area contributed by atoms with Crippen molar-refractivity contribution in [3.8, 4) is 28.0 Å². The third-order valence-corrected chi connectivity index (χ3v) is 5.50. The highest BCUT2D eigenvalue weighted by Gasteiger charge is 2.11. The number of thiophene rings is 1. The van der Waals surface area contributed by atoms with Crippen LogP contribution in [0.15, 0.2) is 59.7 Å². The van der Waals surface area contributed by atoms with Gasteiger partial charge >= 0.3 is 0 Å². The Morgan fingerprint density at radius 3 is 2.74 bits per heavy atom. The molecule has 2 aromatic heterocycles. The molecule has 0 radical (unpaired) electrons. The highest BCUT2D eigenvalue weighted by Crippen LogP contribution is 2.35. The van der Waals surface area contributed by atoms with E-state index in [-0.39, 0.29) is 6.61 Å². The largest absolute Gasteiger partial charge is 0.493 e. The van der Waals surface area contributed by atoms with E-state index < -0.39 is 0 Å². The maximum Gasteiger partial charge on any atom is 0.174 e. The van der Waals surface area contributed by atoms with Gasteiger partial charge in [0.2, 0.25) is 0 Å². The minimum atomic E-state index is -0.0416. The van der Waals surface area contributed by atoms with Crippen LogP contribution in [0.1, 0.15) is 11.4 Å². The van der Waals surface area contributed by atoms with Gasteiger partial charge in [-0.05, 0) is 42.3 Å². The first-order chi connectivity index (χ1) is 15.2. The molecule has 0 bridgehead atoms. The van der Waals surface area contributed by atoms with Crippen molar-refractivity contribution in [2.24, 2.45) is 5.10 Å². The molecule has 154 valence electrons.